The average Bonchev–Trinajstić information content (AvgIpc) is 2.33. The first-order valence-corrected chi connectivity index (χ1v) is 5.68. The third kappa shape index (κ3) is 3.21. The lowest BCUT2D eigenvalue weighted by molar-refractivity contribution is 1.35. The van der Waals surface area contributed by atoms with Crippen LogP contribution in [0.15, 0.2) is 29.5 Å². The highest BCUT2D eigenvalue weighted by atomic mass is 127. The summed E-state index contributed by atoms with van der Waals surface area (Å²) in [5.41, 5.74) is 1.49. The number of nitriles is 3. The number of rotatable bonds is 2. The Morgan fingerprint density at radius 2 is 1.82 bits per heavy atom. The van der Waals surface area contributed by atoms with Crippen LogP contribution in [0.4, 0.5) is 5.69 Å². The van der Waals surface area contributed by atoms with E-state index in [1.807, 2.05) is 25.1 Å². The Hall–Kier alpha value is -2.04. The van der Waals surface area contributed by atoms with Crippen LogP contribution in [-0.4, -0.2) is 0 Å². The van der Waals surface area contributed by atoms with Gasteiger partial charge in [0.25, 0.3) is 0 Å². The zero-order chi connectivity index (χ0) is 12.8. The topological polar surface area (TPSA) is 83.4 Å². The van der Waals surface area contributed by atoms with E-state index in [4.69, 9.17) is 15.8 Å². The molecule has 0 saturated heterocycles. The summed E-state index contributed by atoms with van der Waals surface area (Å²) in [4.78, 5) is 0. The third-order valence-corrected chi connectivity index (χ3v) is 3.22. The molecule has 4 nitrogen and oxygen atoms in total. The molecule has 0 saturated carbocycles. The van der Waals surface area contributed by atoms with Gasteiger partial charge in [-0.05, 0) is 53.3 Å². The van der Waals surface area contributed by atoms with Gasteiger partial charge in [0.1, 0.15) is 23.9 Å². The fourth-order valence-corrected chi connectivity index (χ4v) is 1.49. The number of hydrogen-bond acceptors (Lipinski definition) is 4. The van der Waals surface area contributed by atoms with Crippen LogP contribution < -0.4 is 5.32 Å². The van der Waals surface area contributed by atoms with Crippen molar-refractivity contribution in [3.8, 4) is 18.2 Å². The van der Waals surface area contributed by atoms with E-state index in [1.165, 1.54) is 0 Å². The van der Waals surface area contributed by atoms with Crippen LogP contribution in [0.3, 0.4) is 0 Å². The van der Waals surface area contributed by atoms with E-state index >= 15 is 0 Å². The lowest BCUT2D eigenvalue weighted by Crippen LogP contribution is -2.01. The minimum atomic E-state index is -0.219. The van der Waals surface area contributed by atoms with E-state index in [2.05, 4.69) is 27.9 Å². The molecule has 0 aliphatic rings. The van der Waals surface area contributed by atoms with Gasteiger partial charge in [0.05, 0.1) is 0 Å². The highest BCUT2D eigenvalue weighted by Gasteiger charge is 2.06. The van der Waals surface area contributed by atoms with Gasteiger partial charge in [0.15, 0.2) is 5.57 Å². The van der Waals surface area contributed by atoms with Gasteiger partial charge in [-0.25, -0.2) is 0 Å². The van der Waals surface area contributed by atoms with Crippen molar-refractivity contribution >= 4 is 28.3 Å². The Balaban J connectivity index is 3.11. The molecular weight excluding hydrogens is 327 g/mol. The quantitative estimate of drug-likeness (QED) is 0.666. The van der Waals surface area contributed by atoms with Crippen molar-refractivity contribution < 1.29 is 0 Å². The highest BCUT2D eigenvalue weighted by molar-refractivity contribution is 14.1. The van der Waals surface area contributed by atoms with Crippen molar-refractivity contribution in [2.45, 2.75) is 6.92 Å². The maximum Gasteiger partial charge on any atom is 0.163 e. The highest BCUT2D eigenvalue weighted by Crippen LogP contribution is 2.18. The summed E-state index contributed by atoms with van der Waals surface area (Å²) in [6.07, 6.45) is 0. The monoisotopic (exact) mass is 334 g/mol. The minimum Gasteiger partial charge on any atom is -0.345 e. The Labute approximate surface area is 113 Å². The summed E-state index contributed by atoms with van der Waals surface area (Å²) >= 11 is 2.20. The molecule has 5 heteroatoms. The molecule has 0 radical (unpaired) electrons. The van der Waals surface area contributed by atoms with Crippen molar-refractivity contribution in [1.29, 1.82) is 15.8 Å². The first-order valence-electron chi connectivity index (χ1n) is 4.60. The van der Waals surface area contributed by atoms with Gasteiger partial charge < -0.3 is 5.32 Å². The van der Waals surface area contributed by atoms with Crippen LogP contribution in [0.2, 0.25) is 0 Å². The van der Waals surface area contributed by atoms with Crippen LogP contribution in [0.1, 0.15) is 5.56 Å². The van der Waals surface area contributed by atoms with Gasteiger partial charge in [-0.2, -0.15) is 15.8 Å². The molecule has 1 rings (SSSR count). The van der Waals surface area contributed by atoms with Crippen molar-refractivity contribution in [2.75, 3.05) is 5.32 Å². The van der Waals surface area contributed by atoms with E-state index in [0.29, 0.717) is 5.69 Å². The fourth-order valence-electron chi connectivity index (χ4n) is 1.15. The number of halogens is 1. The largest absolute Gasteiger partial charge is 0.345 e. The second-order valence-corrected chi connectivity index (χ2v) is 4.34. The SMILES string of the molecule is Cc1cc(NC(C#N)=C(C#N)C#N)ccc1I. The molecule has 0 atom stereocenters. The first-order chi connectivity index (χ1) is 8.12. The standard InChI is InChI=1S/C12H7IN4/c1-8-4-10(2-3-11(8)13)17-12(7-16)9(5-14)6-15/h2-4,17H,1H3. The molecule has 0 aromatic heterocycles. The molecule has 0 fully saturated rings. The van der Waals surface area contributed by atoms with Crippen molar-refractivity contribution in [2.24, 2.45) is 0 Å². The Morgan fingerprint density at radius 1 is 1.18 bits per heavy atom. The normalized spacial score (nSPS) is 8.41. The lowest BCUT2D eigenvalue weighted by Gasteiger charge is -2.06. The summed E-state index contributed by atoms with van der Waals surface area (Å²) < 4.78 is 1.11. The molecule has 0 amide bonds. The molecule has 0 bridgehead atoms. The van der Waals surface area contributed by atoms with Crippen molar-refractivity contribution in [3.63, 3.8) is 0 Å². The van der Waals surface area contributed by atoms with E-state index in [1.54, 1.807) is 18.2 Å². The molecule has 0 aliphatic heterocycles. The Morgan fingerprint density at radius 3 is 2.29 bits per heavy atom. The second-order valence-electron chi connectivity index (χ2n) is 3.17. The molecule has 0 aliphatic carbocycles. The number of hydrogen-bond donors (Lipinski definition) is 1. The maximum absolute atomic E-state index is 8.87. The van der Waals surface area contributed by atoms with Gasteiger partial charge in [0, 0.05) is 9.26 Å². The Bertz CT molecular complexity index is 580. The fraction of sp³-hybridized carbons (Fsp3) is 0.0833. The molecule has 1 N–H and O–H groups in total. The molecule has 82 valence electrons. The van der Waals surface area contributed by atoms with Crippen molar-refractivity contribution in [1.82, 2.24) is 0 Å². The van der Waals surface area contributed by atoms with E-state index in [0.717, 1.165) is 9.13 Å². The van der Waals surface area contributed by atoms with Crippen LogP contribution in [0, 0.1) is 44.5 Å². The van der Waals surface area contributed by atoms with Crippen LogP contribution in [0.5, 0.6) is 0 Å². The first kappa shape index (κ1) is 13.0. The Kier molecular flexibility index (Phi) is 4.51. The molecule has 1 aromatic carbocycles. The average molecular weight is 334 g/mol. The van der Waals surface area contributed by atoms with Crippen molar-refractivity contribution in [3.05, 3.63) is 38.6 Å². The smallest absolute Gasteiger partial charge is 0.163 e. The van der Waals surface area contributed by atoms with E-state index < -0.39 is 0 Å². The van der Waals surface area contributed by atoms with Gasteiger partial charge in [-0.1, -0.05) is 0 Å². The van der Waals surface area contributed by atoms with E-state index in [9.17, 15) is 0 Å². The number of allylic oxidation sites excluding steroid dienone is 2. The molecule has 0 unspecified atom stereocenters. The van der Waals surface area contributed by atoms with Gasteiger partial charge in [-0.15, -0.1) is 0 Å². The van der Waals surface area contributed by atoms with Crippen LogP contribution in [-0.2, 0) is 0 Å². The maximum atomic E-state index is 8.87. The van der Waals surface area contributed by atoms with Gasteiger partial charge >= 0.3 is 0 Å². The number of aryl methyl sites for hydroxylation is 1. The summed E-state index contributed by atoms with van der Waals surface area (Å²) in [6.45, 7) is 1.94. The number of nitrogens with zero attached hydrogens (tertiary/aromatic N) is 3. The summed E-state index contributed by atoms with van der Waals surface area (Å²) in [6, 6.07) is 10.7. The van der Waals surface area contributed by atoms with Crippen LogP contribution >= 0.6 is 22.6 Å². The van der Waals surface area contributed by atoms with Crippen LogP contribution in [0.25, 0.3) is 0 Å². The number of nitrogens with one attached hydrogen (secondary N) is 1. The molecular formula is C12H7IN4. The summed E-state index contributed by atoms with van der Waals surface area (Å²) in [7, 11) is 0. The van der Waals surface area contributed by atoms with Gasteiger partial charge in [-0.3, -0.25) is 0 Å². The third-order valence-electron chi connectivity index (χ3n) is 2.01. The summed E-state index contributed by atoms with van der Waals surface area (Å²) in [5.74, 6) is 0. The number of benzene rings is 1. The van der Waals surface area contributed by atoms with Gasteiger partial charge in [0.2, 0.25) is 0 Å². The summed E-state index contributed by atoms with van der Waals surface area (Å²) in [5, 5.41) is 29.0. The predicted molar refractivity (Wildman–Crippen MR) is 71.4 cm³/mol. The molecule has 17 heavy (non-hydrogen) atoms. The minimum absolute atomic E-state index is 0.0318. The van der Waals surface area contributed by atoms with E-state index in [-0.39, 0.29) is 11.3 Å². The zero-order valence-corrected chi connectivity index (χ0v) is 11.1. The predicted octanol–water partition coefficient (Wildman–Crippen LogP) is 2.84. The molecule has 0 spiro atoms. The molecule has 1 aromatic rings. The lowest BCUT2D eigenvalue weighted by atomic mass is 10.2. The second kappa shape index (κ2) is 5.89. The zero-order valence-electron chi connectivity index (χ0n) is 8.95. The number of anilines is 1. The molecule has 0 heterocycles.